The fraction of sp³-hybridized carbons (Fsp3) is 1.00. The topological polar surface area (TPSA) is 12.0 Å². The minimum atomic E-state index is 0.529. The van der Waals surface area contributed by atoms with Crippen LogP contribution in [-0.4, -0.2) is 12.6 Å². The molecule has 0 aromatic heterocycles. The molecule has 0 amide bonds. The molecule has 1 nitrogen and oxygen atoms in total. The Balaban J connectivity index is 1.60. The molecule has 1 heteroatoms. The van der Waals surface area contributed by atoms with Crippen molar-refractivity contribution in [2.75, 3.05) is 6.54 Å². The fourth-order valence-corrected chi connectivity index (χ4v) is 3.74. The van der Waals surface area contributed by atoms with Crippen LogP contribution in [0.3, 0.4) is 0 Å². The van der Waals surface area contributed by atoms with Crippen LogP contribution in [0, 0.1) is 23.2 Å². The second-order valence-electron chi connectivity index (χ2n) is 7.88. The van der Waals surface area contributed by atoms with Crippen molar-refractivity contribution in [1.29, 1.82) is 0 Å². The summed E-state index contributed by atoms with van der Waals surface area (Å²) in [6.45, 7) is 10.8. The molecule has 106 valence electrons. The van der Waals surface area contributed by atoms with Crippen LogP contribution in [0.4, 0.5) is 0 Å². The summed E-state index contributed by atoms with van der Waals surface area (Å²) in [6.07, 6.45) is 10.1. The predicted octanol–water partition coefficient (Wildman–Crippen LogP) is 4.62. The Morgan fingerprint density at radius 1 is 1.06 bits per heavy atom. The SMILES string of the molecule is CCCC1CC1NCC1CCC(C(C)(C)C)CC1. The molecule has 2 unspecified atom stereocenters. The summed E-state index contributed by atoms with van der Waals surface area (Å²) < 4.78 is 0. The molecule has 2 aliphatic carbocycles. The van der Waals surface area contributed by atoms with Crippen molar-refractivity contribution in [3.05, 3.63) is 0 Å². The molecule has 2 aliphatic rings. The van der Waals surface area contributed by atoms with Crippen molar-refractivity contribution in [3.8, 4) is 0 Å². The van der Waals surface area contributed by atoms with E-state index in [1.807, 2.05) is 0 Å². The van der Waals surface area contributed by atoms with Gasteiger partial charge in [0.2, 0.25) is 0 Å². The lowest BCUT2D eigenvalue weighted by Crippen LogP contribution is -2.31. The largest absolute Gasteiger partial charge is 0.313 e. The molecule has 0 heterocycles. The molecule has 0 spiro atoms. The molecule has 2 fully saturated rings. The molecule has 0 radical (unpaired) electrons. The zero-order valence-electron chi connectivity index (χ0n) is 13.0. The summed E-state index contributed by atoms with van der Waals surface area (Å²) in [7, 11) is 0. The molecule has 0 aromatic carbocycles. The van der Waals surface area contributed by atoms with Crippen LogP contribution in [0.25, 0.3) is 0 Å². The van der Waals surface area contributed by atoms with Crippen LogP contribution in [0.2, 0.25) is 0 Å². The van der Waals surface area contributed by atoms with Gasteiger partial charge < -0.3 is 5.32 Å². The van der Waals surface area contributed by atoms with Gasteiger partial charge in [-0.3, -0.25) is 0 Å². The lowest BCUT2D eigenvalue weighted by molar-refractivity contribution is 0.148. The van der Waals surface area contributed by atoms with Gasteiger partial charge in [-0.15, -0.1) is 0 Å². The van der Waals surface area contributed by atoms with Gasteiger partial charge in [0.25, 0.3) is 0 Å². The van der Waals surface area contributed by atoms with Crippen molar-refractivity contribution in [2.24, 2.45) is 23.2 Å². The minimum absolute atomic E-state index is 0.529. The molecule has 2 saturated carbocycles. The van der Waals surface area contributed by atoms with E-state index in [0.717, 1.165) is 23.8 Å². The van der Waals surface area contributed by atoms with Gasteiger partial charge in [0, 0.05) is 6.04 Å². The molecule has 2 rings (SSSR count). The van der Waals surface area contributed by atoms with Gasteiger partial charge in [-0.1, -0.05) is 34.1 Å². The Labute approximate surface area is 114 Å². The first-order chi connectivity index (χ1) is 8.50. The van der Waals surface area contributed by atoms with Crippen LogP contribution in [0.1, 0.15) is 72.6 Å². The van der Waals surface area contributed by atoms with Crippen LogP contribution in [0.15, 0.2) is 0 Å². The number of hydrogen-bond donors (Lipinski definition) is 1. The summed E-state index contributed by atoms with van der Waals surface area (Å²) in [4.78, 5) is 0. The lowest BCUT2D eigenvalue weighted by atomic mass is 9.70. The highest BCUT2D eigenvalue weighted by Gasteiger charge is 2.36. The van der Waals surface area contributed by atoms with Crippen LogP contribution in [0.5, 0.6) is 0 Å². The van der Waals surface area contributed by atoms with E-state index in [9.17, 15) is 0 Å². The molecule has 0 aliphatic heterocycles. The van der Waals surface area contributed by atoms with Gasteiger partial charge >= 0.3 is 0 Å². The van der Waals surface area contributed by atoms with E-state index in [1.54, 1.807) is 0 Å². The molecule has 0 bridgehead atoms. The normalized spacial score (nSPS) is 36.7. The van der Waals surface area contributed by atoms with Crippen molar-refractivity contribution in [2.45, 2.75) is 78.7 Å². The zero-order chi connectivity index (χ0) is 13.2. The number of rotatable bonds is 5. The Hall–Kier alpha value is -0.0400. The van der Waals surface area contributed by atoms with Crippen LogP contribution in [-0.2, 0) is 0 Å². The Morgan fingerprint density at radius 3 is 2.28 bits per heavy atom. The summed E-state index contributed by atoms with van der Waals surface area (Å²) in [6, 6.07) is 0.880. The summed E-state index contributed by atoms with van der Waals surface area (Å²) in [5, 5.41) is 3.81. The average molecular weight is 251 g/mol. The predicted molar refractivity (Wildman–Crippen MR) is 79.7 cm³/mol. The van der Waals surface area contributed by atoms with Gasteiger partial charge in [-0.2, -0.15) is 0 Å². The van der Waals surface area contributed by atoms with Crippen LogP contribution < -0.4 is 5.32 Å². The molecule has 18 heavy (non-hydrogen) atoms. The molecule has 0 aromatic rings. The highest BCUT2D eigenvalue weighted by molar-refractivity contribution is 4.93. The summed E-state index contributed by atoms with van der Waals surface area (Å²) in [5.41, 5.74) is 0.529. The standard InChI is InChI=1S/C17H33N/c1-5-6-14-11-16(14)18-12-13-7-9-15(10-8-13)17(2,3)4/h13-16,18H,5-12H2,1-4H3. The second kappa shape index (κ2) is 5.94. The Kier molecular flexibility index (Phi) is 4.75. The van der Waals surface area contributed by atoms with Gasteiger partial charge in [0.15, 0.2) is 0 Å². The summed E-state index contributed by atoms with van der Waals surface area (Å²) >= 11 is 0. The third-order valence-electron chi connectivity index (χ3n) is 5.32. The Morgan fingerprint density at radius 2 is 1.72 bits per heavy atom. The highest BCUT2D eigenvalue weighted by Crippen LogP contribution is 2.40. The smallest absolute Gasteiger partial charge is 0.00992 e. The number of hydrogen-bond acceptors (Lipinski definition) is 1. The molecule has 2 atom stereocenters. The van der Waals surface area contributed by atoms with Gasteiger partial charge in [0.1, 0.15) is 0 Å². The first-order valence-corrected chi connectivity index (χ1v) is 8.24. The van der Waals surface area contributed by atoms with Crippen molar-refractivity contribution >= 4 is 0 Å². The maximum atomic E-state index is 3.81. The average Bonchev–Trinajstić information content (AvgIpc) is 3.05. The molecular weight excluding hydrogens is 218 g/mol. The number of nitrogens with one attached hydrogen (secondary N) is 1. The van der Waals surface area contributed by atoms with E-state index in [2.05, 4.69) is 33.0 Å². The van der Waals surface area contributed by atoms with E-state index in [0.29, 0.717) is 5.41 Å². The molecular formula is C17H33N. The van der Waals surface area contributed by atoms with E-state index in [4.69, 9.17) is 0 Å². The Bertz CT molecular complexity index is 245. The fourth-order valence-electron chi connectivity index (χ4n) is 3.74. The third kappa shape index (κ3) is 3.98. The quantitative estimate of drug-likeness (QED) is 0.752. The molecule has 1 N–H and O–H groups in total. The van der Waals surface area contributed by atoms with Crippen LogP contribution >= 0.6 is 0 Å². The van der Waals surface area contributed by atoms with E-state index < -0.39 is 0 Å². The van der Waals surface area contributed by atoms with Gasteiger partial charge in [-0.05, 0) is 68.2 Å². The van der Waals surface area contributed by atoms with Crippen molar-refractivity contribution in [1.82, 2.24) is 5.32 Å². The first kappa shape index (κ1) is 14.4. The highest BCUT2D eigenvalue weighted by atomic mass is 15.0. The van der Waals surface area contributed by atoms with Crippen molar-refractivity contribution < 1.29 is 0 Å². The van der Waals surface area contributed by atoms with E-state index >= 15 is 0 Å². The van der Waals surface area contributed by atoms with Gasteiger partial charge in [0.05, 0.1) is 0 Å². The van der Waals surface area contributed by atoms with Gasteiger partial charge in [-0.25, -0.2) is 0 Å². The van der Waals surface area contributed by atoms with Crippen molar-refractivity contribution in [3.63, 3.8) is 0 Å². The maximum absolute atomic E-state index is 3.81. The lowest BCUT2D eigenvalue weighted by Gasteiger charge is -2.37. The first-order valence-electron chi connectivity index (χ1n) is 8.24. The third-order valence-corrected chi connectivity index (χ3v) is 5.32. The monoisotopic (exact) mass is 251 g/mol. The second-order valence-corrected chi connectivity index (χ2v) is 7.88. The minimum Gasteiger partial charge on any atom is -0.313 e. The maximum Gasteiger partial charge on any atom is 0.00992 e. The zero-order valence-corrected chi connectivity index (χ0v) is 13.0. The van der Waals surface area contributed by atoms with E-state index in [1.165, 1.54) is 51.5 Å². The summed E-state index contributed by atoms with van der Waals surface area (Å²) in [5.74, 6) is 2.94. The van der Waals surface area contributed by atoms with E-state index in [-0.39, 0.29) is 0 Å². The molecule has 0 saturated heterocycles.